The lowest BCUT2D eigenvalue weighted by atomic mass is 10.2. The van der Waals surface area contributed by atoms with Crippen molar-refractivity contribution >= 4 is 40.3 Å². The Bertz CT molecular complexity index is 699. The number of aromatic nitrogens is 1. The molecule has 5 heteroatoms. The second-order valence-electron chi connectivity index (χ2n) is 4.54. The molecule has 2 aromatic rings. The van der Waals surface area contributed by atoms with E-state index in [0.29, 0.717) is 15.8 Å². The highest BCUT2D eigenvalue weighted by atomic mass is 32.2. The summed E-state index contributed by atoms with van der Waals surface area (Å²) in [5, 5.41) is 0. The minimum absolute atomic E-state index is 0.0438. The van der Waals surface area contributed by atoms with Crippen molar-refractivity contribution in [1.29, 1.82) is 0 Å². The summed E-state index contributed by atoms with van der Waals surface area (Å²) in [4.78, 5) is 18.8. The molecule has 1 fully saturated rings. The molecule has 1 amide bonds. The number of carbonyl (C=O) groups excluding carboxylic acids is 1. The first-order chi connectivity index (χ1) is 10.2. The Labute approximate surface area is 132 Å². The summed E-state index contributed by atoms with van der Waals surface area (Å²) in [6, 6.07) is 13.6. The average Bonchev–Trinajstić information content (AvgIpc) is 2.77. The van der Waals surface area contributed by atoms with E-state index in [1.807, 2.05) is 48.5 Å². The first-order valence-electron chi connectivity index (χ1n) is 6.43. The summed E-state index contributed by atoms with van der Waals surface area (Å²) < 4.78 is 0.589. The van der Waals surface area contributed by atoms with E-state index in [1.165, 1.54) is 11.8 Å². The van der Waals surface area contributed by atoms with Gasteiger partial charge in [-0.05, 0) is 23.3 Å². The zero-order valence-corrected chi connectivity index (χ0v) is 12.7. The molecule has 1 aliphatic heterocycles. The lowest BCUT2D eigenvalue weighted by Gasteiger charge is -2.13. The summed E-state index contributed by atoms with van der Waals surface area (Å²) in [5.74, 6) is -0.0438. The predicted molar refractivity (Wildman–Crippen MR) is 89.4 cm³/mol. The third-order valence-electron chi connectivity index (χ3n) is 3.03. The zero-order chi connectivity index (χ0) is 14.7. The van der Waals surface area contributed by atoms with E-state index in [9.17, 15) is 4.79 Å². The largest absolute Gasteiger partial charge is 0.288 e. The molecule has 1 aliphatic rings. The third kappa shape index (κ3) is 3.20. The first-order valence-corrected chi connectivity index (χ1v) is 7.66. The average molecular weight is 312 g/mol. The van der Waals surface area contributed by atoms with Gasteiger partial charge in [0, 0.05) is 12.4 Å². The van der Waals surface area contributed by atoms with Crippen LogP contribution in [0.25, 0.3) is 6.08 Å². The van der Waals surface area contributed by atoms with Gasteiger partial charge in [-0.1, -0.05) is 60.4 Å². The standard InChI is InChI=1S/C16H12N2OS2/c19-15-14(9-12-5-2-1-3-6-12)21-16(20)18(15)11-13-7-4-8-17-10-13/h1-10H,11H2. The second kappa shape index (κ2) is 6.20. The van der Waals surface area contributed by atoms with Crippen LogP contribution in [0.5, 0.6) is 0 Å². The minimum Gasteiger partial charge on any atom is -0.288 e. The van der Waals surface area contributed by atoms with Gasteiger partial charge in [-0.15, -0.1) is 0 Å². The molecule has 0 N–H and O–H groups in total. The van der Waals surface area contributed by atoms with Crippen molar-refractivity contribution in [3.63, 3.8) is 0 Å². The molecule has 3 rings (SSSR count). The Morgan fingerprint density at radius 3 is 2.71 bits per heavy atom. The smallest absolute Gasteiger partial charge is 0.266 e. The van der Waals surface area contributed by atoms with E-state index in [1.54, 1.807) is 17.3 Å². The molecule has 104 valence electrons. The maximum absolute atomic E-state index is 12.5. The van der Waals surface area contributed by atoms with Gasteiger partial charge in [-0.2, -0.15) is 0 Å². The molecule has 0 bridgehead atoms. The molecule has 1 aromatic heterocycles. The van der Waals surface area contributed by atoms with Crippen LogP contribution in [-0.2, 0) is 11.3 Å². The number of carbonyl (C=O) groups is 1. The van der Waals surface area contributed by atoms with Crippen LogP contribution in [-0.4, -0.2) is 20.1 Å². The lowest BCUT2D eigenvalue weighted by molar-refractivity contribution is -0.122. The van der Waals surface area contributed by atoms with Crippen LogP contribution in [0.15, 0.2) is 59.8 Å². The summed E-state index contributed by atoms with van der Waals surface area (Å²) in [6.45, 7) is 0.463. The Balaban J connectivity index is 1.81. The maximum Gasteiger partial charge on any atom is 0.266 e. The summed E-state index contributed by atoms with van der Waals surface area (Å²) >= 11 is 6.66. The number of hydrogen-bond acceptors (Lipinski definition) is 4. The number of rotatable bonds is 3. The van der Waals surface area contributed by atoms with Gasteiger partial charge >= 0.3 is 0 Å². The van der Waals surface area contributed by atoms with Crippen molar-refractivity contribution in [1.82, 2.24) is 9.88 Å². The molecular weight excluding hydrogens is 300 g/mol. The van der Waals surface area contributed by atoms with Crippen molar-refractivity contribution in [2.75, 3.05) is 0 Å². The summed E-state index contributed by atoms with van der Waals surface area (Å²) in [6.07, 6.45) is 5.34. The maximum atomic E-state index is 12.5. The van der Waals surface area contributed by atoms with Crippen LogP contribution in [0.3, 0.4) is 0 Å². The van der Waals surface area contributed by atoms with Crippen LogP contribution >= 0.6 is 24.0 Å². The predicted octanol–water partition coefficient (Wildman–Crippen LogP) is 3.48. The number of hydrogen-bond donors (Lipinski definition) is 0. The van der Waals surface area contributed by atoms with Gasteiger partial charge in [0.25, 0.3) is 5.91 Å². The molecule has 0 saturated carbocycles. The van der Waals surface area contributed by atoms with E-state index in [4.69, 9.17) is 12.2 Å². The van der Waals surface area contributed by atoms with E-state index in [0.717, 1.165) is 11.1 Å². The van der Waals surface area contributed by atoms with Gasteiger partial charge in [-0.25, -0.2) is 0 Å². The van der Waals surface area contributed by atoms with Crippen molar-refractivity contribution in [3.05, 3.63) is 70.9 Å². The van der Waals surface area contributed by atoms with Gasteiger partial charge in [0.15, 0.2) is 0 Å². The van der Waals surface area contributed by atoms with Crippen LogP contribution in [0.4, 0.5) is 0 Å². The minimum atomic E-state index is -0.0438. The number of benzene rings is 1. The van der Waals surface area contributed by atoms with Crippen LogP contribution in [0, 0.1) is 0 Å². The number of pyridine rings is 1. The van der Waals surface area contributed by atoms with E-state index >= 15 is 0 Å². The quantitative estimate of drug-likeness (QED) is 0.642. The Morgan fingerprint density at radius 1 is 1.19 bits per heavy atom. The lowest BCUT2D eigenvalue weighted by Crippen LogP contribution is -2.27. The molecule has 3 nitrogen and oxygen atoms in total. The van der Waals surface area contributed by atoms with E-state index < -0.39 is 0 Å². The normalized spacial score (nSPS) is 16.8. The fraction of sp³-hybridized carbons (Fsp3) is 0.0625. The second-order valence-corrected chi connectivity index (χ2v) is 6.22. The van der Waals surface area contributed by atoms with Crippen molar-refractivity contribution in [2.45, 2.75) is 6.54 Å². The van der Waals surface area contributed by atoms with E-state index in [-0.39, 0.29) is 5.91 Å². The summed E-state index contributed by atoms with van der Waals surface area (Å²) in [7, 11) is 0. The van der Waals surface area contributed by atoms with Crippen LogP contribution < -0.4 is 0 Å². The third-order valence-corrected chi connectivity index (χ3v) is 4.41. The first kappa shape index (κ1) is 14.0. The molecule has 0 unspecified atom stereocenters. The van der Waals surface area contributed by atoms with Gasteiger partial charge in [0.2, 0.25) is 0 Å². The molecule has 0 radical (unpaired) electrons. The monoisotopic (exact) mass is 312 g/mol. The number of nitrogens with zero attached hydrogens (tertiary/aromatic N) is 2. The van der Waals surface area contributed by atoms with Gasteiger partial charge in [0.05, 0.1) is 11.4 Å². The Hall–Kier alpha value is -1.98. The van der Waals surface area contributed by atoms with Gasteiger partial charge in [-0.3, -0.25) is 14.7 Å². The Morgan fingerprint density at radius 2 is 2.00 bits per heavy atom. The van der Waals surface area contributed by atoms with Crippen molar-refractivity contribution < 1.29 is 4.79 Å². The SMILES string of the molecule is O=C1C(=Cc2ccccc2)SC(=S)N1Cc1cccnc1. The zero-order valence-electron chi connectivity index (χ0n) is 11.1. The number of thioether (sulfide) groups is 1. The highest BCUT2D eigenvalue weighted by Crippen LogP contribution is 2.33. The van der Waals surface area contributed by atoms with Gasteiger partial charge in [0.1, 0.15) is 4.32 Å². The highest BCUT2D eigenvalue weighted by molar-refractivity contribution is 8.26. The Kier molecular flexibility index (Phi) is 4.13. The summed E-state index contributed by atoms with van der Waals surface area (Å²) in [5.41, 5.74) is 1.97. The van der Waals surface area contributed by atoms with Gasteiger partial charge < -0.3 is 0 Å². The molecule has 0 aliphatic carbocycles. The van der Waals surface area contributed by atoms with Crippen LogP contribution in [0.2, 0.25) is 0 Å². The fourth-order valence-corrected chi connectivity index (χ4v) is 3.27. The number of thiocarbonyl (C=S) groups is 1. The molecule has 1 aromatic carbocycles. The molecule has 0 atom stereocenters. The van der Waals surface area contributed by atoms with E-state index in [2.05, 4.69) is 4.98 Å². The molecule has 1 saturated heterocycles. The fourth-order valence-electron chi connectivity index (χ4n) is 2.01. The molecule has 0 spiro atoms. The number of amides is 1. The highest BCUT2D eigenvalue weighted by Gasteiger charge is 2.31. The van der Waals surface area contributed by atoms with Crippen molar-refractivity contribution in [2.24, 2.45) is 0 Å². The molecule has 2 heterocycles. The molecule has 21 heavy (non-hydrogen) atoms. The molecular formula is C16H12N2OS2. The van der Waals surface area contributed by atoms with Crippen LogP contribution in [0.1, 0.15) is 11.1 Å². The topological polar surface area (TPSA) is 33.2 Å². The van der Waals surface area contributed by atoms with Crippen molar-refractivity contribution in [3.8, 4) is 0 Å².